The molecule has 9 aromatic carbocycles. The molecule has 3 heterocycles. The van der Waals surface area contributed by atoms with Crippen molar-refractivity contribution in [2.45, 2.75) is 0 Å². The van der Waals surface area contributed by atoms with Gasteiger partial charge in [0.1, 0.15) is 0 Å². The van der Waals surface area contributed by atoms with Crippen LogP contribution < -0.4 is 15.8 Å². The van der Waals surface area contributed by atoms with E-state index in [0.717, 1.165) is 5.69 Å². The topological polar surface area (TPSA) is 8.17 Å². The van der Waals surface area contributed by atoms with Crippen molar-refractivity contribution in [1.82, 2.24) is 4.48 Å². The summed E-state index contributed by atoms with van der Waals surface area (Å²) < 4.78 is 2.67. The van der Waals surface area contributed by atoms with Crippen molar-refractivity contribution in [3.05, 3.63) is 212 Å². The van der Waals surface area contributed by atoms with Crippen LogP contribution in [0, 0.1) is 0 Å². The molecule has 0 bridgehead atoms. The van der Waals surface area contributed by atoms with Gasteiger partial charge >= 0.3 is 6.85 Å². The molecule has 2 aliphatic rings. The smallest absolute Gasteiger partial charge is 0.333 e. The van der Waals surface area contributed by atoms with Crippen LogP contribution in [0.2, 0.25) is 0 Å². The Kier molecular flexibility index (Phi) is 7.06. The van der Waals surface area contributed by atoms with Crippen LogP contribution in [0.15, 0.2) is 212 Å². The first-order valence-corrected chi connectivity index (χ1v) is 19.8. The van der Waals surface area contributed by atoms with Crippen molar-refractivity contribution in [1.29, 1.82) is 0 Å². The van der Waals surface area contributed by atoms with Gasteiger partial charge in [0.15, 0.2) is 0 Å². The molecule has 2 aliphatic heterocycles. The van der Waals surface area contributed by atoms with Crippen LogP contribution >= 0.6 is 0 Å². The summed E-state index contributed by atoms with van der Waals surface area (Å²) in [4.78, 5) is 2.56. The highest BCUT2D eigenvalue weighted by Gasteiger charge is 2.44. The van der Waals surface area contributed by atoms with Gasteiger partial charge in [-0.15, -0.1) is 0 Å². The first kappa shape index (κ1) is 31.9. The first-order chi connectivity index (χ1) is 28.3. The van der Waals surface area contributed by atoms with E-state index >= 15 is 0 Å². The van der Waals surface area contributed by atoms with Crippen molar-refractivity contribution in [2.75, 3.05) is 4.90 Å². The van der Waals surface area contributed by atoms with Crippen molar-refractivity contribution < 1.29 is 0 Å². The first-order valence-electron chi connectivity index (χ1n) is 19.8. The van der Waals surface area contributed by atoms with Gasteiger partial charge in [-0.2, -0.15) is 0 Å². The van der Waals surface area contributed by atoms with Crippen LogP contribution in [0.25, 0.3) is 77.4 Å². The number of nitrogens with zero attached hydrogens (tertiary/aromatic N) is 2. The van der Waals surface area contributed by atoms with Crippen molar-refractivity contribution >= 4 is 56.6 Å². The molecular formula is C54H35BN2. The van der Waals surface area contributed by atoms with Crippen LogP contribution in [0.4, 0.5) is 17.1 Å². The Morgan fingerprint density at radius 1 is 0.333 bits per heavy atom. The highest BCUT2D eigenvalue weighted by molar-refractivity contribution is 6.91. The Labute approximate surface area is 332 Å². The van der Waals surface area contributed by atoms with Crippen LogP contribution in [0.3, 0.4) is 0 Å². The van der Waals surface area contributed by atoms with Crippen LogP contribution in [-0.4, -0.2) is 11.3 Å². The molecule has 0 unspecified atom stereocenters. The second-order valence-electron chi connectivity index (χ2n) is 15.2. The molecule has 0 aliphatic carbocycles. The Bertz CT molecular complexity index is 3110. The van der Waals surface area contributed by atoms with Crippen molar-refractivity contribution in [3.63, 3.8) is 0 Å². The minimum Gasteiger partial charge on any atom is -0.375 e. The fourth-order valence-corrected chi connectivity index (χ4v) is 9.81. The predicted molar refractivity (Wildman–Crippen MR) is 242 cm³/mol. The lowest BCUT2D eigenvalue weighted by Crippen LogP contribution is -2.57. The molecule has 0 fully saturated rings. The van der Waals surface area contributed by atoms with Gasteiger partial charge in [0.05, 0.1) is 0 Å². The summed E-state index contributed by atoms with van der Waals surface area (Å²) in [6.07, 6.45) is 0. The van der Waals surface area contributed by atoms with Crippen molar-refractivity contribution in [2.24, 2.45) is 0 Å². The zero-order chi connectivity index (χ0) is 37.5. The summed E-state index contributed by atoms with van der Waals surface area (Å²) in [6, 6.07) is 78.3. The summed E-state index contributed by atoms with van der Waals surface area (Å²) in [5.74, 6) is 0. The van der Waals surface area contributed by atoms with E-state index in [4.69, 9.17) is 0 Å². The number of hydrogen-bond acceptors (Lipinski definition) is 1. The molecule has 0 atom stereocenters. The van der Waals surface area contributed by atoms with Crippen LogP contribution in [0.1, 0.15) is 0 Å². The number of benzene rings is 9. The molecule has 0 amide bonds. The largest absolute Gasteiger partial charge is 0.375 e. The maximum atomic E-state index is 2.67. The average Bonchev–Trinajstić information content (AvgIpc) is 3.63. The number of hydrogen-bond donors (Lipinski definition) is 0. The van der Waals surface area contributed by atoms with Crippen LogP contribution in [-0.2, 0) is 0 Å². The second kappa shape index (κ2) is 12.6. The summed E-state index contributed by atoms with van der Waals surface area (Å²) in [5, 5.41) is 2.59. The molecule has 2 nitrogen and oxygen atoms in total. The molecule has 0 saturated carbocycles. The Hall–Kier alpha value is -7.36. The second-order valence-corrected chi connectivity index (χ2v) is 15.2. The van der Waals surface area contributed by atoms with E-state index in [1.54, 1.807) is 0 Å². The summed E-state index contributed by atoms with van der Waals surface area (Å²) in [6.45, 7) is -0.0791. The normalized spacial score (nSPS) is 12.5. The summed E-state index contributed by atoms with van der Waals surface area (Å²) >= 11 is 0. The van der Waals surface area contributed by atoms with E-state index in [1.165, 1.54) is 99.7 Å². The van der Waals surface area contributed by atoms with Gasteiger partial charge in [-0.05, 0) is 97.4 Å². The summed E-state index contributed by atoms with van der Waals surface area (Å²) in [7, 11) is 0. The van der Waals surface area contributed by atoms with Gasteiger partial charge in [0.25, 0.3) is 0 Å². The van der Waals surface area contributed by atoms with Gasteiger partial charge < -0.3 is 9.38 Å². The third kappa shape index (κ3) is 4.79. The molecule has 0 N–H and O–H groups in total. The Balaban J connectivity index is 1.25. The maximum absolute atomic E-state index is 2.67. The number of para-hydroxylation sites is 2. The molecule has 0 saturated heterocycles. The summed E-state index contributed by atoms with van der Waals surface area (Å²) in [5.41, 5.74) is 21.0. The lowest BCUT2D eigenvalue weighted by molar-refractivity contribution is 1.25. The average molecular weight is 723 g/mol. The molecule has 264 valence electrons. The molecule has 1 aromatic heterocycles. The number of fused-ring (bicyclic) bond motifs is 7. The van der Waals surface area contributed by atoms with E-state index in [0.29, 0.717) is 0 Å². The van der Waals surface area contributed by atoms with Gasteiger partial charge in [-0.3, -0.25) is 0 Å². The Morgan fingerprint density at radius 3 is 1.56 bits per heavy atom. The van der Waals surface area contributed by atoms with Gasteiger partial charge in [0.2, 0.25) is 0 Å². The van der Waals surface area contributed by atoms with E-state index in [2.05, 4.69) is 222 Å². The fourth-order valence-electron chi connectivity index (χ4n) is 9.81. The van der Waals surface area contributed by atoms with Crippen molar-refractivity contribution in [3.8, 4) is 55.6 Å². The maximum Gasteiger partial charge on any atom is 0.333 e. The predicted octanol–water partition coefficient (Wildman–Crippen LogP) is 12.9. The SMILES string of the molecule is c1ccc(-c2cc(-c3ccccc3)cc(N3c4cccc5c4B(c4c3ccc(-c3ccccc3)c4-c3ccccc3)n3c4ccccc4c4cccc-5c43)c2)cc1. The van der Waals surface area contributed by atoms with E-state index in [1.807, 2.05) is 0 Å². The quantitative estimate of drug-likeness (QED) is 0.161. The zero-order valence-electron chi connectivity index (χ0n) is 31.2. The van der Waals surface area contributed by atoms with Gasteiger partial charge in [0, 0.05) is 44.4 Å². The number of rotatable bonds is 5. The van der Waals surface area contributed by atoms with Gasteiger partial charge in [-0.25, -0.2) is 0 Å². The molecular weight excluding hydrogens is 687 g/mol. The lowest BCUT2D eigenvalue weighted by Gasteiger charge is -2.42. The molecule has 10 aromatic rings. The molecule has 0 spiro atoms. The minimum atomic E-state index is -0.0791. The highest BCUT2D eigenvalue weighted by atomic mass is 15.2. The standard InChI is InChI=1S/C54H35BN2/c1-5-17-36(18-6-1)40-33-41(37-19-7-2-8-20-37)35-42(34-40)56-49-30-16-26-45-47-28-15-27-46-44-25-13-14-29-48(44)57(54(46)47)55(52(45)49)53-50(56)32-31-43(38-21-9-3-10-22-38)51(53)39-23-11-4-12-24-39/h1-35H. The molecule has 3 heteroatoms. The van der Waals surface area contributed by atoms with Crippen LogP contribution in [0.5, 0.6) is 0 Å². The minimum absolute atomic E-state index is 0.0791. The monoisotopic (exact) mass is 722 g/mol. The molecule has 57 heavy (non-hydrogen) atoms. The van der Waals surface area contributed by atoms with Gasteiger partial charge in [-0.1, -0.05) is 176 Å². The Morgan fingerprint density at radius 2 is 0.877 bits per heavy atom. The fraction of sp³-hybridized carbons (Fsp3) is 0. The zero-order valence-corrected chi connectivity index (χ0v) is 31.2. The highest BCUT2D eigenvalue weighted by Crippen LogP contribution is 2.48. The lowest BCUT2D eigenvalue weighted by atomic mass is 9.43. The third-order valence-electron chi connectivity index (χ3n) is 12.2. The third-order valence-corrected chi connectivity index (χ3v) is 12.2. The van der Waals surface area contributed by atoms with E-state index in [9.17, 15) is 0 Å². The molecule has 0 radical (unpaired) electrons. The number of anilines is 3. The number of aromatic nitrogens is 1. The van der Waals surface area contributed by atoms with E-state index < -0.39 is 0 Å². The van der Waals surface area contributed by atoms with E-state index in [-0.39, 0.29) is 6.85 Å². The molecule has 12 rings (SSSR count).